The van der Waals surface area contributed by atoms with E-state index in [0.717, 1.165) is 23.5 Å². The van der Waals surface area contributed by atoms with Crippen molar-refractivity contribution in [2.75, 3.05) is 5.32 Å². The average Bonchev–Trinajstić information content (AvgIpc) is 2.93. The Bertz CT molecular complexity index is 971. The van der Waals surface area contributed by atoms with Gasteiger partial charge in [-0.3, -0.25) is 4.79 Å². The molecule has 5 nitrogen and oxygen atoms in total. The van der Waals surface area contributed by atoms with E-state index in [2.05, 4.69) is 10.4 Å². The maximum atomic E-state index is 13.3. The van der Waals surface area contributed by atoms with Crippen molar-refractivity contribution in [1.82, 2.24) is 9.78 Å². The van der Waals surface area contributed by atoms with Crippen molar-refractivity contribution in [1.29, 1.82) is 0 Å². The van der Waals surface area contributed by atoms with Gasteiger partial charge in [0.1, 0.15) is 5.75 Å². The van der Waals surface area contributed by atoms with Crippen molar-refractivity contribution in [3.05, 3.63) is 71.6 Å². The smallest absolute Gasteiger partial charge is 0.265 e. The predicted molar refractivity (Wildman–Crippen MR) is 98.1 cm³/mol. The first-order chi connectivity index (χ1) is 12.9. The quantitative estimate of drug-likeness (QED) is 0.732. The lowest BCUT2D eigenvalue weighted by atomic mass is 10.2. The summed E-state index contributed by atoms with van der Waals surface area (Å²) < 4.78 is 33.4. The first-order valence-corrected chi connectivity index (χ1v) is 8.41. The van der Waals surface area contributed by atoms with Crippen LogP contribution in [-0.2, 0) is 4.79 Å². The fourth-order valence-corrected chi connectivity index (χ4v) is 2.68. The van der Waals surface area contributed by atoms with E-state index in [-0.39, 0.29) is 5.75 Å². The Hall–Kier alpha value is -3.22. The minimum absolute atomic E-state index is 0.0741. The topological polar surface area (TPSA) is 56.2 Å². The second kappa shape index (κ2) is 7.57. The molecular formula is C20H19F2N3O2. The summed E-state index contributed by atoms with van der Waals surface area (Å²) in [5.74, 6) is -2.35. The van der Waals surface area contributed by atoms with Crippen LogP contribution in [0.3, 0.4) is 0 Å². The number of hydrogen-bond acceptors (Lipinski definition) is 3. The lowest BCUT2D eigenvalue weighted by molar-refractivity contribution is -0.122. The van der Waals surface area contributed by atoms with Crippen LogP contribution in [0.2, 0.25) is 0 Å². The van der Waals surface area contributed by atoms with Gasteiger partial charge in [0.25, 0.3) is 5.91 Å². The predicted octanol–water partition coefficient (Wildman–Crippen LogP) is 4.17. The number of benzene rings is 2. The molecule has 3 rings (SSSR count). The third kappa shape index (κ3) is 3.97. The summed E-state index contributed by atoms with van der Waals surface area (Å²) in [4.78, 5) is 12.5. The van der Waals surface area contributed by atoms with Crippen LogP contribution in [0.15, 0.2) is 48.5 Å². The second-order valence-electron chi connectivity index (χ2n) is 6.12. The van der Waals surface area contributed by atoms with Gasteiger partial charge in [-0.1, -0.05) is 18.2 Å². The lowest BCUT2D eigenvalue weighted by Gasteiger charge is -2.15. The Balaban J connectivity index is 1.75. The Morgan fingerprint density at radius 3 is 2.48 bits per heavy atom. The largest absolute Gasteiger partial charge is 0.481 e. The number of para-hydroxylation sites is 1. The molecule has 0 bridgehead atoms. The van der Waals surface area contributed by atoms with Crippen LogP contribution < -0.4 is 10.1 Å². The van der Waals surface area contributed by atoms with Gasteiger partial charge < -0.3 is 10.1 Å². The van der Waals surface area contributed by atoms with Crippen LogP contribution >= 0.6 is 0 Å². The van der Waals surface area contributed by atoms with Crippen molar-refractivity contribution >= 4 is 11.6 Å². The Labute approximate surface area is 155 Å². The molecule has 0 spiro atoms. The summed E-state index contributed by atoms with van der Waals surface area (Å²) in [7, 11) is 0. The van der Waals surface area contributed by atoms with Crippen molar-refractivity contribution < 1.29 is 18.3 Å². The van der Waals surface area contributed by atoms with Crippen LogP contribution in [0.1, 0.15) is 18.3 Å². The van der Waals surface area contributed by atoms with E-state index < -0.39 is 23.6 Å². The zero-order valence-electron chi connectivity index (χ0n) is 15.2. The van der Waals surface area contributed by atoms with E-state index in [1.54, 1.807) is 11.6 Å². The highest BCUT2D eigenvalue weighted by molar-refractivity contribution is 5.95. The van der Waals surface area contributed by atoms with E-state index in [9.17, 15) is 13.6 Å². The van der Waals surface area contributed by atoms with Crippen LogP contribution in [0.25, 0.3) is 5.69 Å². The van der Waals surface area contributed by atoms with Crippen molar-refractivity contribution in [2.45, 2.75) is 26.9 Å². The zero-order chi connectivity index (χ0) is 19.6. The number of carbonyl (C=O) groups is 1. The van der Waals surface area contributed by atoms with E-state index in [4.69, 9.17) is 4.74 Å². The molecule has 1 aromatic heterocycles. The van der Waals surface area contributed by atoms with Gasteiger partial charge in [-0.25, -0.2) is 13.5 Å². The summed E-state index contributed by atoms with van der Waals surface area (Å²) in [6, 6.07) is 12.7. The van der Waals surface area contributed by atoms with Gasteiger partial charge in [0, 0.05) is 6.07 Å². The number of aromatic nitrogens is 2. The molecule has 0 aliphatic rings. The molecule has 2 aromatic carbocycles. The molecule has 0 aliphatic heterocycles. The molecule has 1 atom stereocenters. The summed E-state index contributed by atoms with van der Waals surface area (Å²) in [6.45, 7) is 5.18. The second-order valence-corrected chi connectivity index (χ2v) is 6.12. The van der Waals surface area contributed by atoms with Crippen LogP contribution in [-0.4, -0.2) is 21.8 Å². The third-order valence-corrected chi connectivity index (χ3v) is 4.11. The lowest BCUT2D eigenvalue weighted by Crippen LogP contribution is -2.30. The van der Waals surface area contributed by atoms with Gasteiger partial charge in [0.15, 0.2) is 17.7 Å². The maximum Gasteiger partial charge on any atom is 0.265 e. The highest BCUT2D eigenvalue weighted by atomic mass is 19.2. The van der Waals surface area contributed by atoms with Crippen LogP contribution in [0, 0.1) is 25.5 Å². The highest BCUT2D eigenvalue weighted by Gasteiger charge is 2.20. The van der Waals surface area contributed by atoms with Gasteiger partial charge in [-0.2, -0.15) is 5.10 Å². The molecule has 0 saturated heterocycles. The summed E-state index contributed by atoms with van der Waals surface area (Å²) in [6.07, 6.45) is -0.909. The minimum Gasteiger partial charge on any atom is -0.481 e. The fraction of sp³-hybridized carbons (Fsp3) is 0.200. The Morgan fingerprint density at radius 2 is 1.81 bits per heavy atom. The van der Waals surface area contributed by atoms with Crippen LogP contribution in [0.5, 0.6) is 5.75 Å². The summed E-state index contributed by atoms with van der Waals surface area (Å²) in [5.41, 5.74) is 2.89. The molecule has 1 unspecified atom stereocenters. The number of nitrogens with zero attached hydrogens (tertiary/aromatic N) is 2. The first kappa shape index (κ1) is 18.6. The Kier molecular flexibility index (Phi) is 5.21. The van der Waals surface area contributed by atoms with E-state index in [1.165, 1.54) is 13.0 Å². The molecule has 1 heterocycles. The monoisotopic (exact) mass is 371 g/mol. The molecule has 1 N–H and O–H groups in total. The number of rotatable bonds is 5. The number of nitrogens with one attached hydrogen (secondary N) is 1. The fourth-order valence-electron chi connectivity index (χ4n) is 2.68. The SMILES string of the molecule is Cc1nn(-c2ccccc2)c(C)c1NC(=O)C(C)Oc1ccc(F)c(F)c1. The Morgan fingerprint density at radius 1 is 1.11 bits per heavy atom. The number of hydrogen-bond donors (Lipinski definition) is 1. The van der Waals surface area contributed by atoms with E-state index >= 15 is 0 Å². The van der Waals surface area contributed by atoms with Gasteiger partial charge in [0.05, 0.1) is 22.8 Å². The normalized spacial score (nSPS) is 11.9. The molecule has 0 fully saturated rings. The number of carbonyl (C=O) groups excluding carboxylic acids is 1. The molecule has 0 aliphatic carbocycles. The zero-order valence-corrected chi connectivity index (χ0v) is 15.2. The molecule has 3 aromatic rings. The number of amides is 1. The van der Waals surface area contributed by atoms with E-state index in [1.807, 2.05) is 37.3 Å². The molecule has 1 amide bonds. The first-order valence-electron chi connectivity index (χ1n) is 8.41. The van der Waals surface area contributed by atoms with E-state index in [0.29, 0.717) is 11.4 Å². The molecular weight excluding hydrogens is 352 g/mol. The van der Waals surface area contributed by atoms with Gasteiger partial charge in [-0.15, -0.1) is 0 Å². The van der Waals surface area contributed by atoms with Crippen LogP contribution in [0.4, 0.5) is 14.5 Å². The molecule has 27 heavy (non-hydrogen) atoms. The molecule has 0 radical (unpaired) electrons. The number of aryl methyl sites for hydroxylation is 1. The number of halogens is 2. The average molecular weight is 371 g/mol. The molecule has 140 valence electrons. The summed E-state index contributed by atoms with van der Waals surface area (Å²) >= 11 is 0. The third-order valence-electron chi connectivity index (χ3n) is 4.11. The summed E-state index contributed by atoms with van der Waals surface area (Å²) in [5, 5.41) is 7.27. The van der Waals surface area contributed by atoms with Gasteiger partial charge in [0.2, 0.25) is 0 Å². The van der Waals surface area contributed by atoms with Crippen molar-refractivity contribution in [3.8, 4) is 11.4 Å². The van der Waals surface area contributed by atoms with Crippen molar-refractivity contribution in [2.24, 2.45) is 0 Å². The highest BCUT2D eigenvalue weighted by Crippen LogP contribution is 2.23. The molecule has 7 heteroatoms. The standard InChI is InChI=1S/C20H19F2N3O2/c1-12-19(13(2)25(24-12)15-7-5-4-6-8-15)23-20(26)14(3)27-16-9-10-17(21)18(22)11-16/h4-11,14H,1-3H3,(H,23,26). The van der Waals surface area contributed by atoms with Gasteiger partial charge >= 0.3 is 0 Å². The van der Waals surface area contributed by atoms with Gasteiger partial charge in [-0.05, 0) is 45.0 Å². The minimum atomic E-state index is -1.03. The van der Waals surface area contributed by atoms with Crippen molar-refractivity contribution in [3.63, 3.8) is 0 Å². The number of anilines is 1. The maximum absolute atomic E-state index is 13.3. The molecule has 0 saturated carbocycles. The number of ether oxygens (including phenoxy) is 1.